The van der Waals surface area contributed by atoms with Gasteiger partial charge in [0.25, 0.3) is 0 Å². The molecule has 0 aliphatic rings. The van der Waals surface area contributed by atoms with Crippen molar-refractivity contribution in [3.63, 3.8) is 0 Å². The highest BCUT2D eigenvalue weighted by Gasteiger charge is 2.09. The number of furan rings is 1. The first-order chi connectivity index (χ1) is 8.69. The number of benzene rings is 1. The van der Waals surface area contributed by atoms with Crippen LogP contribution in [-0.2, 0) is 6.54 Å². The van der Waals surface area contributed by atoms with Crippen molar-refractivity contribution in [2.75, 3.05) is 18.0 Å². The number of hydrogen-bond donors (Lipinski definition) is 1. The topological polar surface area (TPSA) is 42.4 Å². The molecule has 0 saturated carbocycles. The SMILES string of the molecule is Cc1cc(C)cc(N(CCN)Cc2ccco2)c1. The Labute approximate surface area is 108 Å². The summed E-state index contributed by atoms with van der Waals surface area (Å²) in [5.41, 5.74) is 9.44. The number of rotatable bonds is 5. The first-order valence-electron chi connectivity index (χ1n) is 6.25. The van der Waals surface area contributed by atoms with E-state index in [4.69, 9.17) is 10.2 Å². The molecule has 0 unspecified atom stereocenters. The normalized spacial score (nSPS) is 10.6. The summed E-state index contributed by atoms with van der Waals surface area (Å²) < 4.78 is 5.41. The molecule has 1 heterocycles. The molecule has 0 radical (unpaired) electrons. The number of hydrogen-bond acceptors (Lipinski definition) is 3. The van der Waals surface area contributed by atoms with Gasteiger partial charge in [0.05, 0.1) is 12.8 Å². The smallest absolute Gasteiger partial charge is 0.123 e. The largest absolute Gasteiger partial charge is 0.467 e. The highest BCUT2D eigenvalue weighted by molar-refractivity contribution is 5.51. The van der Waals surface area contributed by atoms with Crippen LogP contribution in [0, 0.1) is 13.8 Å². The Morgan fingerprint density at radius 3 is 2.44 bits per heavy atom. The van der Waals surface area contributed by atoms with E-state index in [0.717, 1.165) is 18.8 Å². The lowest BCUT2D eigenvalue weighted by Crippen LogP contribution is -2.28. The average molecular weight is 244 g/mol. The molecule has 2 N–H and O–H groups in total. The van der Waals surface area contributed by atoms with E-state index in [-0.39, 0.29) is 0 Å². The lowest BCUT2D eigenvalue weighted by molar-refractivity contribution is 0.502. The molecular formula is C15H20N2O. The van der Waals surface area contributed by atoms with E-state index < -0.39 is 0 Å². The Kier molecular flexibility index (Phi) is 4.05. The van der Waals surface area contributed by atoms with Crippen molar-refractivity contribution in [1.82, 2.24) is 0 Å². The molecule has 0 saturated heterocycles. The molecule has 18 heavy (non-hydrogen) atoms. The Morgan fingerprint density at radius 1 is 1.17 bits per heavy atom. The number of anilines is 1. The summed E-state index contributed by atoms with van der Waals surface area (Å²) in [5.74, 6) is 0.961. The standard InChI is InChI=1S/C15H20N2O/c1-12-8-13(2)10-14(9-12)17(6-5-16)11-15-4-3-7-18-15/h3-4,7-10H,5-6,11,16H2,1-2H3. The van der Waals surface area contributed by atoms with Crippen LogP contribution in [0.15, 0.2) is 41.0 Å². The fraction of sp³-hybridized carbons (Fsp3) is 0.333. The maximum atomic E-state index is 5.70. The molecule has 0 amide bonds. The van der Waals surface area contributed by atoms with Crippen LogP contribution in [0.3, 0.4) is 0 Å². The third-order valence-corrected chi connectivity index (χ3v) is 2.90. The van der Waals surface area contributed by atoms with E-state index in [1.807, 2.05) is 12.1 Å². The molecule has 96 valence electrons. The fourth-order valence-corrected chi connectivity index (χ4v) is 2.18. The molecule has 0 bridgehead atoms. The highest BCUT2D eigenvalue weighted by atomic mass is 16.3. The van der Waals surface area contributed by atoms with Crippen LogP contribution in [0.25, 0.3) is 0 Å². The Morgan fingerprint density at radius 2 is 1.89 bits per heavy atom. The number of nitrogens with zero attached hydrogens (tertiary/aromatic N) is 1. The van der Waals surface area contributed by atoms with E-state index in [9.17, 15) is 0 Å². The van der Waals surface area contributed by atoms with Crippen molar-refractivity contribution in [2.45, 2.75) is 20.4 Å². The van der Waals surface area contributed by atoms with Gasteiger partial charge in [0.2, 0.25) is 0 Å². The van der Waals surface area contributed by atoms with E-state index in [1.165, 1.54) is 16.8 Å². The summed E-state index contributed by atoms with van der Waals surface area (Å²) in [6.07, 6.45) is 1.71. The van der Waals surface area contributed by atoms with Gasteiger partial charge in [0, 0.05) is 18.8 Å². The summed E-state index contributed by atoms with van der Waals surface area (Å²) in [5, 5.41) is 0. The zero-order valence-corrected chi connectivity index (χ0v) is 11.0. The van der Waals surface area contributed by atoms with Gasteiger partial charge in [0.1, 0.15) is 5.76 Å². The molecule has 1 aromatic heterocycles. The van der Waals surface area contributed by atoms with Crippen molar-refractivity contribution < 1.29 is 4.42 Å². The van der Waals surface area contributed by atoms with E-state index in [1.54, 1.807) is 6.26 Å². The molecule has 3 heteroatoms. The van der Waals surface area contributed by atoms with Crippen LogP contribution in [-0.4, -0.2) is 13.1 Å². The summed E-state index contributed by atoms with van der Waals surface area (Å²) in [4.78, 5) is 2.25. The minimum Gasteiger partial charge on any atom is -0.467 e. The maximum Gasteiger partial charge on any atom is 0.123 e. The fourth-order valence-electron chi connectivity index (χ4n) is 2.18. The quantitative estimate of drug-likeness (QED) is 0.879. The van der Waals surface area contributed by atoms with Gasteiger partial charge >= 0.3 is 0 Å². The molecule has 3 nitrogen and oxygen atoms in total. The first-order valence-corrected chi connectivity index (χ1v) is 6.25. The van der Waals surface area contributed by atoms with Gasteiger partial charge in [-0.1, -0.05) is 6.07 Å². The van der Waals surface area contributed by atoms with Crippen molar-refractivity contribution in [1.29, 1.82) is 0 Å². The molecule has 0 spiro atoms. The molecule has 0 aliphatic carbocycles. The zero-order valence-electron chi connectivity index (χ0n) is 11.0. The Bertz CT molecular complexity index is 471. The minimum atomic E-state index is 0.633. The van der Waals surface area contributed by atoms with E-state index in [0.29, 0.717) is 6.54 Å². The van der Waals surface area contributed by atoms with Gasteiger partial charge in [-0.15, -0.1) is 0 Å². The van der Waals surface area contributed by atoms with Gasteiger partial charge < -0.3 is 15.1 Å². The summed E-state index contributed by atoms with van der Waals surface area (Å²) in [6.45, 7) is 6.44. The third-order valence-electron chi connectivity index (χ3n) is 2.90. The van der Waals surface area contributed by atoms with Crippen molar-refractivity contribution >= 4 is 5.69 Å². The van der Waals surface area contributed by atoms with Crippen molar-refractivity contribution in [2.24, 2.45) is 5.73 Å². The van der Waals surface area contributed by atoms with E-state index in [2.05, 4.69) is 36.9 Å². The van der Waals surface area contributed by atoms with Crippen LogP contribution >= 0.6 is 0 Å². The summed E-state index contributed by atoms with van der Waals surface area (Å²) in [7, 11) is 0. The molecular weight excluding hydrogens is 224 g/mol. The van der Waals surface area contributed by atoms with Crippen LogP contribution in [0.1, 0.15) is 16.9 Å². The molecule has 2 rings (SSSR count). The monoisotopic (exact) mass is 244 g/mol. The predicted octanol–water partition coefficient (Wildman–Crippen LogP) is 2.86. The van der Waals surface area contributed by atoms with Crippen molar-refractivity contribution in [3.8, 4) is 0 Å². The molecule has 1 aromatic carbocycles. The second-order valence-electron chi connectivity index (χ2n) is 4.64. The Balaban J connectivity index is 2.23. The van der Waals surface area contributed by atoms with Gasteiger partial charge in [-0.25, -0.2) is 0 Å². The third kappa shape index (κ3) is 3.14. The highest BCUT2D eigenvalue weighted by Crippen LogP contribution is 2.20. The van der Waals surface area contributed by atoms with Crippen LogP contribution in [0.2, 0.25) is 0 Å². The molecule has 2 aromatic rings. The van der Waals surface area contributed by atoms with Crippen LogP contribution in [0.4, 0.5) is 5.69 Å². The zero-order chi connectivity index (χ0) is 13.0. The van der Waals surface area contributed by atoms with Gasteiger partial charge in [0.15, 0.2) is 0 Å². The molecule has 0 atom stereocenters. The second-order valence-corrected chi connectivity index (χ2v) is 4.64. The number of nitrogens with two attached hydrogens (primary N) is 1. The molecule has 0 aliphatic heterocycles. The second kappa shape index (κ2) is 5.74. The van der Waals surface area contributed by atoms with Gasteiger partial charge in [-0.2, -0.15) is 0 Å². The average Bonchev–Trinajstić information content (AvgIpc) is 2.80. The predicted molar refractivity (Wildman–Crippen MR) is 74.7 cm³/mol. The van der Waals surface area contributed by atoms with Crippen molar-refractivity contribution in [3.05, 3.63) is 53.5 Å². The first kappa shape index (κ1) is 12.7. The molecule has 0 fully saturated rings. The lowest BCUT2D eigenvalue weighted by atomic mass is 10.1. The van der Waals surface area contributed by atoms with E-state index >= 15 is 0 Å². The Hall–Kier alpha value is -1.74. The van der Waals surface area contributed by atoms with Gasteiger partial charge in [-0.05, 0) is 49.2 Å². The summed E-state index contributed by atoms with van der Waals surface area (Å²) >= 11 is 0. The summed E-state index contributed by atoms with van der Waals surface area (Å²) in [6, 6.07) is 10.5. The number of aryl methyl sites for hydroxylation is 2. The van der Waals surface area contributed by atoms with Crippen LogP contribution in [0.5, 0.6) is 0 Å². The van der Waals surface area contributed by atoms with Gasteiger partial charge in [-0.3, -0.25) is 0 Å². The maximum absolute atomic E-state index is 5.70. The lowest BCUT2D eigenvalue weighted by Gasteiger charge is -2.24. The minimum absolute atomic E-state index is 0.633. The van der Waals surface area contributed by atoms with Crippen LogP contribution < -0.4 is 10.6 Å².